The van der Waals surface area contributed by atoms with Gasteiger partial charge in [0, 0.05) is 18.1 Å². The Morgan fingerprint density at radius 2 is 2.47 bits per heavy atom. The number of fused-ring (bicyclic) bond motifs is 1. The molecule has 2 heterocycles. The first-order valence-electron chi connectivity index (χ1n) is 4.90. The van der Waals surface area contributed by atoms with Crippen LogP contribution in [0.4, 0.5) is 5.95 Å². The molecule has 0 radical (unpaired) electrons. The molecule has 0 aliphatic carbocycles. The van der Waals surface area contributed by atoms with Gasteiger partial charge in [-0.3, -0.25) is 9.78 Å². The average Bonchev–Trinajstić information content (AvgIpc) is 2.71. The highest BCUT2D eigenvalue weighted by molar-refractivity contribution is 9.09. The molecule has 0 saturated heterocycles. The van der Waals surface area contributed by atoms with Gasteiger partial charge in [0.25, 0.3) is 5.56 Å². The number of hydrogen-bond donors (Lipinski definition) is 1. The molecule has 2 rings (SSSR count). The van der Waals surface area contributed by atoms with Crippen LogP contribution in [-0.2, 0) is 6.54 Å². The van der Waals surface area contributed by atoms with Crippen molar-refractivity contribution in [2.24, 2.45) is 4.99 Å². The summed E-state index contributed by atoms with van der Waals surface area (Å²) in [6.45, 7) is 4.14. The van der Waals surface area contributed by atoms with E-state index in [1.807, 2.05) is 0 Å². The Kier molecular flexibility index (Phi) is 3.48. The topological polar surface area (TPSA) is 75.9 Å². The number of nitrogens with zero attached hydrogens (tertiary/aromatic N) is 4. The third-order valence-electron chi connectivity index (χ3n) is 2.08. The van der Waals surface area contributed by atoms with E-state index in [2.05, 4.69) is 42.5 Å². The lowest BCUT2D eigenvalue weighted by molar-refractivity contribution is 0.845. The summed E-state index contributed by atoms with van der Waals surface area (Å²) in [5, 5.41) is 0.597. The zero-order valence-corrected chi connectivity index (χ0v) is 10.5. The molecule has 7 heteroatoms. The molecule has 2 aromatic heterocycles. The molecule has 1 N–H and O–H groups in total. The Morgan fingerprint density at radius 1 is 1.65 bits per heavy atom. The molecule has 6 nitrogen and oxygen atoms in total. The molecule has 0 aromatic carbocycles. The summed E-state index contributed by atoms with van der Waals surface area (Å²) in [4.78, 5) is 26.6. The molecule has 0 bridgehead atoms. The number of aromatic nitrogens is 4. The van der Waals surface area contributed by atoms with Gasteiger partial charge in [0.1, 0.15) is 0 Å². The third kappa shape index (κ3) is 2.33. The molecule has 0 spiro atoms. The number of imidazole rings is 1. The summed E-state index contributed by atoms with van der Waals surface area (Å²) >= 11 is 3.20. The molecule has 0 unspecified atom stereocenters. The Labute approximate surface area is 105 Å². The van der Waals surface area contributed by atoms with Gasteiger partial charge < -0.3 is 4.57 Å². The first kappa shape index (κ1) is 11.7. The van der Waals surface area contributed by atoms with Crippen LogP contribution in [0.15, 0.2) is 28.8 Å². The summed E-state index contributed by atoms with van der Waals surface area (Å²) < 4.78 is 1.69. The smallest absolute Gasteiger partial charge is 0.278 e. The van der Waals surface area contributed by atoms with Gasteiger partial charge >= 0.3 is 0 Å². The Balaban J connectivity index is 2.57. The van der Waals surface area contributed by atoms with Gasteiger partial charge in [-0.2, -0.15) is 4.98 Å². The van der Waals surface area contributed by atoms with Crippen molar-refractivity contribution < 1.29 is 0 Å². The first-order valence-corrected chi connectivity index (χ1v) is 6.03. The highest BCUT2D eigenvalue weighted by Crippen LogP contribution is 2.08. The first-order chi connectivity index (χ1) is 8.26. The highest BCUT2D eigenvalue weighted by atomic mass is 79.9. The second kappa shape index (κ2) is 5.05. The van der Waals surface area contributed by atoms with Crippen LogP contribution in [0.1, 0.15) is 0 Å². The number of aliphatic imine (C=N–C) groups is 1. The normalized spacial score (nSPS) is 11.4. The van der Waals surface area contributed by atoms with E-state index < -0.39 is 0 Å². The van der Waals surface area contributed by atoms with Crippen LogP contribution in [0.5, 0.6) is 0 Å². The quantitative estimate of drug-likeness (QED) is 0.526. The predicted molar refractivity (Wildman–Crippen MR) is 70.3 cm³/mol. The van der Waals surface area contributed by atoms with E-state index in [-0.39, 0.29) is 11.5 Å². The van der Waals surface area contributed by atoms with Gasteiger partial charge in [-0.1, -0.05) is 22.0 Å². The lowest BCUT2D eigenvalue weighted by Gasteiger charge is -1.98. The number of rotatable bonds is 4. The molecule has 2 aromatic rings. The summed E-state index contributed by atoms with van der Waals surface area (Å²) in [7, 11) is 0. The summed E-state index contributed by atoms with van der Waals surface area (Å²) in [6.07, 6.45) is 4.86. The Morgan fingerprint density at radius 3 is 3.18 bits per heavy atom. The zero-order chi connectivity index (χ0) is 12.3. The van der Waals surface area contributed by atoms with Crippen LogP contribution in [-0.4, -0.2) is 31.1 Å². The van der Waals surface area contributed by atoms with Crippen molar-refractivity contribution in [1.82, 2.24) is 19.5 Å². The number of alkyl halides is 1. The maximum atomic E-state index is 11.8. The van der Waals surface area contributed by atoms with Gasteiger partial charge in [-0.15, -0.1) is 6.58 Å². The van der Waals surface area contributed by atoms with Gasteiger partial charge in [0.15, 0.2) is 11.2 Å². The van der Waals surface area contributed by atoms with Crippen LogP contribution < -0.4 is 5.56 Å². The molecular weight excluding hydrogens is 286 g/mol. The minimum Gasteiger partial charge on any atom is -0.321 e. The van der Waals surface area contributed by atoms with E-state index in [4.69, 9.17) is 0 Å². The van der Waals surface area contributed by atoms with E-state index in [0.717, 1.165) is 0 Å². The summed E-state index contributed by atoms with van der Waals surface area (Å²) in [5.74, 6) is 0.255. The molecule has 0 aliphatic rings. The molecular formula is C10H10BrN5O. The summed E-state index contributed by atoms with van der Waals surface area (Å²) in [5.41, 5.74) is 0.566. The number of halogens is 1. The van der Waals surface area contributed by atoms with Crippen molar-refractivity contribution in [3.05, 3.63) is 29.3 Å². The maximum Gasteiger partial charge on any atom is 0.278 e. The van der Waals surface area contributed by atoms with Crippen LogP contribution in [0, 0.1) is 0 Å². The minimum absolute atomic E-state index is 0.254. The van der Waals surface area contributed by atoms with Gasteiger partial charge in [0.05, 0.1) is 6.33 Å². The largest absolute Gasteiger partial charge is 0.321 e. The second-order valence-corrected chi connectivity index (χ2v) is 3.86. The molecule has 0 saturated carbocycles. The van der Waals surface area contributed by atoms with Gasteiger partial charge in [-0.05, 0) is 0 Å². The fraction of sp³-hybridized carbons (Fsp3) is 0.200. The van der Waals surface area contributed by atoms with E-state index in [9.17, 15) is 4.79 Å². The number of hydrogen-bond acceptors (Lipinski definition) is 4. The molecule has 0 atom stereocenters. The van der Waals surface area contributed by atoms with Crippen molar-refractivity contribution in [3.8, 4) is 0 Å². The third-order valence-corrected chi connectivity index (χ3v) is 2.37. The Bertz CT molecular complexity index is 627. The zero-order valence-electron chi connectivity index (χ0n) is 8.93. The van der Waals surface area contributed by atoms with Crippen molar-refractivity contribution in [3.63, 3.8) is 0 Å². The monoisotopic (exact) mass is 295 g/mol. The standard InChI is InChI=1S/C10H10BrN5O/c1-2-5-16-6-13-8-7(16)9(17)15-10(14-8)12-4-3-11/h2,4,6H,1,3,5H2,(H,14,15,17)/b12-4-. The Hall–Kier alpha value is -1.76. The predicted octanol–water partition coefficient (Wildman–Crippen LogP) is 1.40. The number of aromatic amines is 1. The minimum atomic E-state index is -0.254. The van der Waals surface area contributed by atoms with E-state index in [1.165, 1.54) is 0 Å². The summed E-state index contributed by atoms with van der Waals surface area (Å²) in [6, 6.07) is 0. The van der Waals surface area contributed by atoms with Crippen molar-refractivity contribution in [1.29, 1.82) is 0 Å². The van der Waals surface area contributed by atoms with Crippen molar-refractivity contribution in [2.45, 2.75) is 6.54 Å². The van der Waals surface area contributed by atoms with Crippen molar-refractivity contribution in [2.75, 3.05) is 5.33 Å². The molecule has 0 aliphatic heterocycles. The lowest BCUT2D eigenvalue weighted by atomic mass is 10.5. The molecule has 0 fully saturated rings. The maximum absolute atomic E-state index is 11.8. The van der Waals surface area contributed by atoms with E-state index >= 15 is 0 Å². The number of nitrogens with one attached hydrogen (secondary N) is 1. The molecule has 88 valence electrons. The highest BCUT2D eigenvalue weighted by Gasteiger charge is 2.08. The van der Waals surface area contributed by atoms with Crippen LogP contribution in [0.25, 0.3) is 11.2 Å². The fourth-order valence-electron chi connectivity index (χ4n) is 1.43. The number of allylic oxidation sites excluding steroid dienone is 1. The van der Waals surface area contributed by atoms with Crippen LogP contribution >= 0.6 is 15.9 Å². The van der Waals surface area contributed by atoms with Gasteiger partial charge in [-0.25, -0.2) is 9.98 Å². The average molecular weight is 296 g/mol. The molecule has 17 heavy (non-hydrogen) atoms. The van der Waals surface area contributed by atoms with E-state index in [1.54, 1.807) is 23.2 Å². The molecule has 0 amide bonds. The van der Waals surface area contributed by atoms with Crippen LogP contribution in [0.2, 0.25) is 0 Å². The SMILES string of the molecule is C=CCn1cnc2nc(/N=C\CBr)[nH]c(=O)c21. The lowest BCUT2D eigenvalue weighted by Crippen LogP contribution is -2.11. The van der Waals surface area contributed by atoms with E-state index in [0.29, 0.717) is 23.0 Å². The number of H-pyrrole nitrogens is 1. The fourth-order valence-corrected chi connectivity index (χ4v) is 1.58. The second-order valence-electron chi connectivity index (χ2n) is 3.21. The van der Waals surface area contributed by atoms with Crippen molar-refractivity contribution >= 4 is 39.3 Å². The van der Waals surface area contributed by atoms with Crippen LogP contribution in [0.3, 0.4) is 0 Å². The van der Waals surface area contributed by atoms with Gasteiger partial charge in [0.2, 0.25) is 5.95 Å².